The number of oxazole rings is 1. The van der Waals surface area contributed by atoms with E-state index in [9.17, 15) is 14.4 Å². The van der Waals surface area contributed by atoms with Crippen molar-refractivity contribution in [3.8, 4) is 0 Å². The number of H-pyrrole nitrogens is 1. The van der Waals surface area contributed by atoms with Crippen molar-refractivity contribution in [1.29, 1.82) is 0 Å². The molecular weight excluding hydrogens is 390 g/mol. The van der Waals surface area contributed by atoms with Crippen LogP contribution in [0.5, 0.6) is 0 Å². The molecule has 9 nitrogen and oxygen atoms in total. The van der Waals surface area contributed by atoms with Gasteiger partial charge in [-0.15, -0.1) is 0 Å². The number of rotatable bonds is 5. The number of aromatic amines is 1. The third-order valence-corrected chi connectivity index (χ3v) is 4.78. The summed E-state index contributed by atoms with van der Waals surface area (Å²) in [5, 5.41) is 2.78. The monoisotopic (exact) mass is 411 g/mol. The molecule has 1 aliphatic heterocycles. The third kappa shape index (κ3) is 4.69. The minimum atomic E-state index is -0.572. The molecule has 1 saturated heterocycles. The minimum Gasteiger partial charge on any atom is -0.445 e. The van der Waals surface area contributed by atoms with Crippen LogP contribution >= 0.6 is 0 Å². The van der Waals surface area contributed by atoms with E-state index in [-0.39, 0.29) is 25.2 Å². The molecule has 1 aliphatic rings. The highest BCUT2D eigenvalue weighted by molar-refractivity contribution is 5.96. The van der Waals surface area contributed by atoms with E-state index in [1.807, 2.05) is 30.3 Å². The summed E-state index contributed by atoms with van der Waals surface area (Å²) in [5.74, 6) is -0.898. The fourth-order valence-corrected chi connectivity index (χ4v) is 3.21. The molecule has 1 aromatic heterocycles. The van der Waals surface area contributed by atoms with Crippen molar-refractivity contribution >= 4 is 23.1 Å². The van der Waals surface area contributed by atoms with Crippen LogP contribution in [0.2, 0.25) is 0 Å². The number of amides is 2. The lowest BCUT2D eigenvalue weighted by Crippen LogP contribution is -2.49. The van der Waals surface area contributed by atoms with Gasteiger partial charge < -0.3 is 24.1 Å². The molecule has 0 bridgehead atoms. The van der Waals surface area contributed by atoms with E-state index >= 15 is 0 Å². The highest BCUT2D eigenvalue weighted by Gasteiger charge is 2.25. The maximum absolute atomic E-state index is 12.4. The number of nitrogens with one attached hydrogen (secondary N) is 2. The molecule has 156 valence electrons. The number of carbonyl (C=O) groups is 2. The van der Waals surface area contributed by atoms with Crippen molar-refractivity contribution in [2.24, 2.45) is 0 Å². The summed E-state index contributed by atoms with van der Waals surface area (Å²) in [5.41, 5.74) is 2.11. The predicted molar refractivity (Wildman–Crippen MR) is 107 cm³/mol. The topological polar surface area (TPSA) is 114 Å². The normalized spacial score (nSPS) is 16.4. The first-order valence-electron chi connectivity index (χ1n) is 9.57. The minimum absolute atomic E-state index is 0.205. The Morgan fingerprint density at radius 1 is 1.20 bits per heavy atom. The molecule has 0 radical (unpaired) electrons. The van der Waals surface area contributed by atoms with Gasteiger partial charge in [-0.2, -0.15) is 0 Å². The Bertz CT molecular complexity index is 1090. The summed E-state index contributed by atoms with van der Waals surface area (Å²) < 4.78 is 16.0. The van der Waals surface area contributed by atoms with Crippen LogP contribution in [0.4, 0.5) is 4.79 Å². The van der Waals surface area contributed by atoms with Gasteiger partial charge in [-0.05, 0) is 23.8 Å². The van der Waals surface area contributed by atoms with Crippen LogP contribution in [0.1, 0.15) is 15.9 Å². The Labute approximate surface area is 171 Å². The van der Waals surface area contributed by atoms with Crippen LogP contribution in [0.15, 0.2) is 57.7 Å². The molecule has 2 amide bonds. The molecule has 3 aromatic rings. The van der Waals surface area contributed by atoms with Gasteiger partial charge >= 0.3 is 11.8 Å². The predicted octanol–water partition coefficient (Wildman–Crippen LogP) is 1.89. The van der Waals surface area contributed by atoms with Gasteiger partial charge in [0.25, 0.3) is 5.91 Å². The van der Waals surface area contributed by atoms with Gasteiger partial charge in [-0.25, -0.2) is 9.59 Å². The fraction of sp³-hybridized carbons (Fsp3) is 0.286. The van der Waals surface area contributed by atoms with Crippen LogP contribution in [-0.2, 0) is 16.1 Å². The van der Waals surface area contributed by atoms with E-state index < -0.39 is 11.8 Å². The molecular formula is C21H21N3O6. The summed E-state index contributed by atoms with van der Waals surface area (Å²) in [6.45, 7) is 1.55. The fourth-order valence-electron chi connectivity index (χ4n) is 3.21. The second-order valence-corrected chi connectivity index (χ2v) is 6.91. The zero-order chi connectivity index (χ0) is 20.9. The first-order chi connectivity index (χ1) is 14.6. The van der Waals surface area contributed by atoms with E-state index in [2.05, 4.69) is 10.3 Å². The molecule has 30 heavy (non-hydrogen) atoms. The standard InChI is InChI=1S/C21H21N3O6/c25-19(15-6-7-17-18(10-15)30-20(26)23-17)22-11-16-12-24(8-9-28-16)21(27)29-13-14-4-2-1-3-5-14/h1-7,10,16H,8-9,11-13H2,(H,22,25)(H,23,26). The van der Waals surface area contributed by atoms with Crippen molar-refractivity contribution in [2.45, 2.75) is 12.7 Å². The molecule has 2 N–H and O–H groups in total. The first-order valence-corrected chi connectivity index (χ1v) is 9.57. The van der Waals surface area contributed by atoms with E-state index in [1.165, 1.54) is 6.07 Å². The van der Waals surface area contributed by atoms with Gasteiger partial charge in [-0.3, -0.25) is 9.78 Å². The zero-order valence-corrected chi connectivity index (χ0v) is 16.1. The van der Waals surface area contributed by atoms with E-state index in [4.69, 9.17) is 13.9 Å². The Morgan fingerprint density at radius 2 is 2.03 bits per heavy atom. The maximum Gasteiger partial charge on any atom is 0.417 e. The number of fused-ring (bicyclic) bond motifs is 1. The van der Waals surface area contributed by atoms with E-state index in [1.54, 1.807) is 17.0 Å². The zero-order valence-electron chi connectivity index (χ0n) is 16.1. The molecule has 1 unspecified atom stereocenters. The average molecular weight is 411 g/mol. The number of ether oxygens (including phenoxy) is 2. The molecule has 2 heterocycles. The summed E-state index contributed by atoms with van der Waals surface area (Å²) in [6, 6.07) is 14.2. The maximum atomic E-state index is 12.4. The summed E-state index contributed by atoms with van der Waals surface area (Å²) in [6.07, 6.45) is -0.757. The molecule has 2 aromatic carbocycles. The van der Waals surface area contributed by atoms with Crippen LogP contribution in [0.3, 0.4) is 0 Å². The lowest BCUT2D eigenvalue weighted by molar-refractivity contribution is -0.0263. The highest BCUT2D eigenvalue weighted by atomic mass is 16.6. The second-order valence-electron chi connectivity index (χ2n) is 6.91. The third-order valence-electron chi connectivity index (χ3n) is 4.78. The summed E-state index contributed by atoms with van der Waals surface area (Å²) in [4.78, 5) is 40.1. The van der Waals surface area contributed by atoms with Crippen LogP contribution in [0.25, 0.3) is 11.1 Å². The summed E-state index contributed by atoms with van der Waals surface area (Å²) >= 11 is 0. The van der Waals surface area contributed by atoms with Crippen molar-refractivity contribution in [2.75, 3.05) is 26.2 Å². The Balaban J connectivity index is 1.28. The van der Waals surface area contributed by atoms with Crippen LogP contribution in [0, 0.1) is 0 Å². The molecule has 9 heteroatoms. The van der Waals surface area contributed by atoms with Crippen molar-refractivity contribution in [1.82, 2.24) is 15.2 Å². The number of aromatic nitrogens is 1. The van der Waals surface area contributed by atoms with Gasteiger partial charge in [0.2, 0.25) is 0 Å². The number of hydrogen-bond acceptors (Lipinski definition) is 6. The van der Waals surface area contributed by atoms with E-state index in [0.29, 0.717) is 36.4 Å². The van der Waals surface area contributed by atoms with Gasteiger partial charge in [-0.1, -0.05) is 30.3 Å². The van der Waals surface area contributed by atoms with Gasteiger partial charge in [0.15, 0.2) is 5.58 Å². The SMILES string of the molecule is O=C(NCC1CN(C(=O)OCc2ccccc2)CCO1)c1ccc2[nH]c(=O)oc2c1. The van der Waals surface area contributed by atoms with Crippen LogP contribution < -0.4 is 11.1 Å². The Morgan fingerprint density at radius 3 is 2.87 bits per heavy atom. The molecule has 0 saturated carbocycles. The van der Waals surface area contributed by atoms with Crippen molar-refractivity contribution in [3.63, 3.8) is 0 Å². The molecule has 1 atom stereocenters. The lowest BCUT2D eigenvalue weighted by atomic mass is 10.2. The molecule has 1 fully saturated rings. The first kappa shape index (κ1) is 19.7. The lowest BCUT2D eigenvalue weighted by Gasteiger charge is -2.32. The Hall–Kier alpha value is -3.59. The molecule has 0 aliphatic carbocycles. The second kappa shape index (κ2) is 8.83. The number of nitrogens with zero attached hydrogens (tertiary/aromatic N) is 1. The van der Waals surface area contributed by atoms with Gasteiger partial charge in [0.05, 0.1) is 24.8 Å². The summed E-state index contributed by atoms with van der Waals surface area (Å²) in [7, 11) is 0. The molecule has 4 rings (SSSR count). The van der Waals surface area contributed by atoms with Crippen molar-refractivity contribution in [3.05, 3.63) is 70.2 Å². The smallest absolute Gasteiger partial charge is 0.417 e. The number of benzene rings is 2. The quantitative estimate of drug-likeness (QED) is 0.663. The number of morpholine rings is 1. The van der Waals surface area contributed by atoms with Crippen LogP contribution in [-0.4, -0.2) is 54.2 Å². The van der Waals surface area contributed by atoms with Crippen molar-refractivity contribution < 1.29 is 23.5 Å². The molecule has 0 spiro atoms. The number of carbonyl (C=O) groups excluding carboxylic acids is 2. The number of hydrogen-bond donors (Lipinski definition) is 2. The van der Waals surface area contributed by atoms with Gasteiger partial charge in [0, 0.05) is 18.7 Å². The largest absolute Gasteiger partial charge is 0.445 e. The highest BCUT2D eigenvalue weighted by Crippen LogP contribution is 2.13. The average Bonchev–Trinajstić information content (AvgIpc) is 3.16. The van der Waals surface area contributed by atoms with Gasteiger partial charge in [0.1, 0.15) is 6.61 Å². The Kier molecular flexibility index (Phi) is 5.80. The van der Waals surface area contributed by atoms with E-state index in [0.717, 1.165) is 5.56 Å².